The van der Waals surface area contributed by atoms with Crippen LogP contribution in [-0.4, -0.2) is 54.8 Å². The van der Waals surface area contributed by atoms with Gasteiger partial charge in [0.1, 0.15) is 5.00 Å². The highest BCUT2D eigenvalue weighted by Crippen LogP contribution is 2.39. The van der Waals surface area contributed by atoms with Gasteiger partial charge >= 0.3 is 5.97 Å². The molecule has 2 N–H and O–H groups in total. The average Bonchev–Trinajstić information content (AvgIpc) is 3.73. The number of nitro benzene ring substituents is 2. The topological polar surface area (TPSA) is 201 Å². The minimum Gasteiger partial charge on any atom is -0.462 e. The molecule has 2 heterocycles. The van der Waals surface area contributed by atoms with Crippen molar-refractivity contribution in [3.63, 3.8) is 0 Å². The molecule has 232 valence electrons. The maximum absolute atomic E-state index is 13.0. The molecule has 1 aliphatic rings. The second-order valence-electron chi connectivity index (χ2n) is 9.61. The zero-order chi connectivity index (χ0) is 32.1. The predicted molar refractivity (Wildman–Crippen MR) is 164 cm³/mol. The third-order valence-corrected chi connectivity index (χ3v) is 8.89. The fraction of sp³-hybridized carbons (Fsp3) is 0.250. The molecule has 2 aromatic heterocycles. The van der Waals surface area contributed by atoms with Crippen LogP contribution in [0.1, 0.15) is 50.3 Å². The molecule has 45 heavy (non-hydrogen) atoms. The molecule has 0 aliphatic heterocycles. The van der Waals surface area contributed by atoms with E-state index in [0.29, 0.717) is 16.3 Å². The predicted octanol–water partition coefficient (Wildman–Crippen LogP) is 4.47. The van der Waals surface area contributed by atoms with Crippen molar-refractivity contribution in [3.05, 3.63) is 96.2 Å². The van der Waals surface area contributed by atoms with Crippen molar-refractivity contribution >= 4 is 57.3 Å². The smallest absolute Gasteiger partial charge is 0.341 e. The number of nitrogens with one attached hydrogen (secondary N) is 2. The molecule has 0 unspecified atom stereocenters. The molecule has 5 rings (SSSR count). The van der Waals surface area contributed by atoms with E-state index in [2.05, 4.69) is 20.8 Å². The third kappa shape index (κ3) is 6.99. The lowest BCUT2D eigenvalue weighted by Crippen LogP contribution is -2.24. The molecule has 1 aliphatic carbocycles. The number of aryl methyl sites for hydroxylation is 1. The largest absolute Gasteiger partial charge is 0.462 e. The van der Waals surface area contributed by atoms with Crippen molar-refractivity contribution in [2.24, 2.45) is 0 Å². The number of non-ortho nitro benzene ring substituents is 2. The minimum atomic E-state index is -0.570. The summed E-state index contributed by atoms with van der Waals surface area (Å²) in [5, 5.41) is 36.7. The maximum Gasteiger partial charge on any atom is 0.341 e. The molecule has 2 amide bonds. The Hall–Kier alpha value is -5.16. The molecule has 0 atom stereocenters. The van der Waals surface area contributed by atoms with Crippen molar-refractivity contribution in [1.82, 2.24) is 20.1 Å². The number of nitro groups is 2. The molecule has 17 heteroatoms. The number of rotatable bonds is 12. The summed E-state index contributed by atoms with van der Waals surface area (Å²) >= 11 is 2.41. The number of thioether (sulfide) groups is 1. The normalized spacial score (nSPS) is 11.9. The molecule has 0 spiro atoms. The Morgan fingerprint density at radius 1 is 1.00 bits per heavy atom. The van der Waals surface area contributed by atoms with Crippen LogP contribution in [0.3, 0.4) is 0 Å². The Labute approximate surface area is 263 Å². The first-order valence-corrected chi connectivity index (χ1v) is 15.4. The Kier molecular flexibility index (Phi) is 9.48. The summed E-state index contributed by atoms with van der Waals surface area (Å²) in [4.78, 5) is 60.5. The summed E-state index contributed by atoms with van der Waals surface area (Å²) in [6, 6.07) is 10.7. The van der Waals surface area contributed by atoms with Crippen LogP contribution in [0.25, 0.3) is 5.69 Å². The van der Waals surface area contributed by atoms with E-state index in [4.69, 9.17) is 4.74 Å². The van der Waals surface area contributed by atoms with Crippen LogP contribution in [-0.2, 0) is 28.9 Å². The number of aromatic nitrogens is 3. The van der Waals surface area contributed by atoms with Gasteiger partial charge in [-0.25, -0.2) is 4.79 Å². The zero-order valence-electron chi connectivity index (χ0n) is 23.7. The van der Waals surface area contributed by atoms with E-state index in [-0.39, 0.29) is 46.8 Å². The van der Waals surface area contributed by atoms with Crippen LogP contribution < -0.4 is 10.6 Å². The quantitative estimate of drug-likeness (QED) is 0.0947. The molecule has 4 aromatic rings. The van der Waals surface area contributed by atoms with Crippen LogP contribution >= 0.6 is 23.1 Å². The number of ether oxygens (including phenoxy) is 1. The van der Waals surface area contributed by atoms with Gasteiger partial charge in [0.15, 0.2) is 11.0 Å². The lowest BCUT2D eigenvalue weighted by molar-refractivity contribution is -0.385. The van der Waals surface area contributed by atoms with Gasteiger partial charge in [0.05, 0.1) is 34.3 Å². The summed E-state index contributed by atoms with van der Waals surface area (Å²) in [6.07, 6.45) is 2.51. The molecular weight excluding hydrogens is 626 g/mol. The van der Waals surface area contributed by atoms with E-state index in [0.717, 1.165) is 41.5 Å². The standard InChI is InChI=1S/C28H25N7O8S2/c1-2-43-27(38)24-20-4-3-5-21(20)45-26(24)30-23(36)15-44-28-32-31-22(33(28)17-10-12-19(13-11-17)35(41)42)14-29-25(37)16-6-8-18(9-7-16)34(39)40/h6-13H,2-5,14-15H2,1H3,(H,29,37)(H,30,36). The van der Waals surface area contributed by atoms with E-state index < -0.39 is 27.6 Å². The van der Waals surface area contributed by atoms with Gasteiger partial charge in [0, 0.05) is 40.4 Å². The van der Waals surface area contributed by atoms with Gasteiger partial charge in [-0.1, -0.05) is 11.8 Å². The summed E-state index contributed by atoms with van der Waals surface area (Å²) < 4.78 is 6.78. The molecule has 15 nitrogen and oxygen atoms in total. The molecule has 0 bridgehead atoms. The van der Waals surface area contributed by atoms with Crippen LogP contribution in [0.2, 0.25) is 0 Å². The van der Waals surface area contributed by atoms with E-state index in [9.17, 15) is 34.6 Å². The first-order valence-electron chi connectivity index (χ1n) is 13.6. The number of benzene rings is 2. The highest BCUT2D eigenvalue weighted by molar-refractivity contribution is 7.99. The maximum atomic E-state index is 13.0. The highest BCUT2D eigenvalue weighted by Gasteiger charge is 2.28. The summed E-state index contributed by atoms with van der Waals surface area (Å²) in [5.74, 6) is -1.22. The van der Waals surface area contributed by atoms with Crippen molar-refractivity contribution in [2.45, 2.75) is 37.9 Å². The lowest BCUT2D eigenvalue weighted by atomic mass is 10.1. The molecule has 0 saturated carbocycles. The third-order valence-electron chi connectivity index (χ3n) is 6.75. The second kappa shape index (κ2) is 13.6. The number of anilines is 1. The Bertz CT molecular complexity index is 1790. The first kappa shape index (κ1) is 31.3. The Morgan fingerprint density at radius 2 is 1.67 bits per heavy atom. The van der Waals surface area contributed by atoms with Gasteiger partial charge < -0.3 is 15.4 Å². The molecular formula is C28H25N7O8S2. The van der Waals surface area contributed by atoms with Crippen LogP contribution in [0.5, 0.6) is 0 Å². The molecule has 0 fully saturated rings. The summed E-state index contributed by atoms with van der Waals surface area (Å²) in [7, 11) is 0. The number of hydrogen-bond donors (Lipinski definition) is 2. The zero-order valence-corrected chi connectivity index (χ0v) is 25.3. The van der Waals surface area contributed by atoms with Crippen molar-refractivity contribution in [2.75, 3.05) is 17.7 Å². The SMILES string of the molecule is CCOC(=O)c1c(NC(=O)CSc2nnc(CNC(=O)c3ccc([N+](=O)[O-])cc3)n2-c2ccc([N+](=O)[O-])cc2)sc2c1CCC2. The van der Waals surface area contributed by atoms with Crippen LogP contribution in [0.15, 0.2) is 53.7 Å². The van der Waals surface area contributed by atoms with E-state index in [1.807, 2.05) is 0 Å². The number of carbonyl (C=O) groups excluding carboxylic acids is 3. The summed E-state index contributed by atoms with van der Waals surface area (Å²) in [5.41, 5.74) is 1.67. The molecule has 2 aromatic carbocycles. The number of thiophene rings is 1. The Balaban J connectivity index is 1.33. The average molecular weight is 652 g/mol. The monoisotopic (exact) mass is 651 g/mol. The van der Waals surface area contributed by atoms with Gasteiger partial charge in [0.2, 0.25) is 5.91 Å². The number of esters is 1. The van der Waals surface area contributed by atoms with Crippen molar-refractivity contribution in [3.8, 4) is 5.69 Å². The molecule has 0 saturated heterocycles. The number of carbonyl (C=O) groups is 3. The molecule has 0 radical (unpaired) electrons. The Morgan fingerprint density at radius 3 is 2.31 bits per heavy atom. The fourth-order valence-corrected chi connectivity index (χ4v) is 6.76. The number of fused-ring (bicyclic) bond motifs is 1. The first-order chi connectivity index (χ1) is 21.7. The van der Waals surface area contributed by atoms with Crippen molar-refractivity contribution in [1.29, 1.82) is 0 Å². The van der Waals surface area contributed by atoms with Crippen LogP contribution in [0, 0.1) is 20.2 Å². The number of amides is 2. The van der Waals surface area contributed by atoms with Crippen LogP contribution in [0.4, 0.5) is 16.4 Å². The minimum absolute atomic E-state index is 0.106. The second-order valence-corrected chi connectivity index (χ2v) is 11.7. The van der Waals surface area contributed by atoms with Gasteiger partial charge in [-0.3, -0.25) is 34.4 Å². The van der Waals surface area contributed by atoms with Crippen molar-refractivity contribution < 1.29 is 29.0 Å². The lowest BCUT2D eigenvalue weighted by Gasteiger charge is -2.11. The van der Waals surface area contributed by atoms with E-state index in [1.165, 1.54) is 59.9 Å². The number of hydrogen-bond acceptors (Lipinski definition) is 12. The van der Waals surface area contributed by atoms with E-state index >= 15 is 0 Å². The van der Waals surface area contributed by atoms with Gasteiger partial charge in [-0.15, -0.1) is 21.5 Å². The van der Waals surface area contributed by atoms with E-state index in [1.54, 1.807) is 11.5 Å². The van der Waals surface area contributed by atoms with Gasteiger partial charge in [-0.05, 0) is 56.0 Å². The summed E-state index contributed by atoms with van der Waals surface area (Å²) in [6.45, 7) is 1.81. The van der Waals surface area contributed by atoms with Gasteiger partial charge in [0.25, 0.3) is 17.3 Å². The fourth-order valence-electron chi connectivity index (χ4n) is 4.69. The van der Waals surface area contributed by atoms with Gasteiger partial charge in [-0.2, -0.15) is 0 Å². The highest BCUT2D eigenvalue weighted by atomic mass is 32.2. The number of nitrogens with zero attached hydrogens (tertiary/aromatic N) is 5.